The van der Waals surface area contributed by atoms with Gasteiger partial charge in [0.05, 0.1) is 12.8 Å². The maximum atomic E-state index is 12.7. The number of hydrogen-bond acceptors (Lipinski definition) is 8. The summed E-state index contributed by atoms with van der Waals surface area (Å²) in [7, 11) is 0. The maximum absolute atomic E-state index is 12.7. The van der Waals surface area contributed by atoms with E-state index in [0.717, 1.165) is 80.0 Å². The molecule has 0 aliphatic rings. The van der Waals surface area contributed by atoms with Crippen molar-refractivity contribution in [2.45, 2.75) is 52.4 Å². The lowest BCUT2D eigenvalue weighted by Crippen LogP contribution is -2.14. The Morgan fingerprint density at radius 3 is 1.55 bits per heavy atom. The zero-order valence-corrected chi connectivity index (χ0v) is 24.9. The van der Waals surface area contributed by atoms with E-state index < -0.39 is 0 Å². The molecule has 6 aromatic rings. The molecule has 4 aromatic heterocycles. The molecule has 6 rings (SSSR count). The molecule has 0 radical (unpaired) electrons. The lowest BCUT2D eigenvalue weighted by molar-refractivity contribution is -0.116. The molecule has 0 bridgehead atoms. The number of rotatable bonds is 11. The van der Waals surface area contributed by atoms with Gasteiger partial charge in [-0.25, -0.2) is 0 Å². The first-order chi connectivity index (χ1) is 20.4. The van der Waals surface area contributed by atoms with Gasteiger partial charge in [0.25, 0.3) is 0 Å². The third kappa shape index (κ3) is 6.24. The molecule has 2 amide bonds. The number of nitrogens with one attached hydrogen (secondary N) is 4. The Bertz CT molecular complexity index is 1750. The monoisotopic (exact) mass is 598 g/mol. The highest BCUT2D eigenvalue weighted by Gasteiger charge is 2.16. The molecule has 0 spiro atoms. The molecule has 10 nitrogen and oxygen atoms in total. The first-order valence-electron chi connectivity index (χ1n) is 13.8. The highest BCUT2D eigenvalue weighted by Crippen LogP contribution is 2.25. The van der Waals surface area contributed by atoms with Crippen LogP contribution >= 0.6 is 22.7 Å². The summed E-state index contributed by atoms with van der Waals surface area (Å²) in [5.41, 5.74) is 6.04. The van der Waals surface area contributed by atoms with Crippen molar-refractivity contribution < 1.29 is 9.59 Å². The average Bonchev–Trinajstić information content (AvgIpc) is 3.75. The first-order valence-corrected chi connectivity index (χ1v) is 15.4. The van der Waals surface area contributed by atoms with Crippen LogP contribution in [0.3, 0.4) is 0 Å². The number of aromatic nitrogens is 6. The van der Waals surface area contributed by atoms with Gasteiger partial charge in [0.1, 0.15) is 10.0 Å². The number of amides is 2. The highest BCUT2D eigenvalue weighted by molar-refractivity contribution is 7.15. The summed E-state index contributed by atoms with van der Waals surface area (Å²) >= 11 is 2.81. The Morgan fingerprint density at radius 1 is 0.667 bits per heavy atom. The molecule has 42 heavy (non-hydrogen) atoms. The molecular formula is C30H30N8O2S2. The van der Waals surface area contributed by atoms with Crippen molar-refractivity contribution in [2.24, 2.45) is 0 Å². The normalized spacial score (nSPS) is 11.4. The molecule has 0 aliphatic carbocycles. The predicted octanol–water partition coefficient (Wildman–Crippen LogP) is 5.90. The number of fused-ring (bicyclic) bond motifs is 2. The Morgan fingerprint density at radius 2 is 1.10 bits per heavy atom. The van der Waals surface area contributed by atoms with E-state index in [1.54, 1.807) is 0 Å². The van der Waals surface area contributed by atoms with Gasteiger partial charge in [0, 0.05) is 46.0 Å². The van der Waals surface area contributed by atoms with Gasteiger partial charge in [0.15, 0.2) is 0 Å². The number of aromatic amines is 2. The molecule has 0 atom stereocenters. The van der Waals surface area contributed by atoms with Crippen LogP contribution in [0.5, 0.6) is 0 Å². The van der Waals surface area contributed by atoms with E-state index >= 15 is 0 Å². The molecule has 0 saturated heterocycles. The molecule has 2 aromatic carbocycles. The minimum absolute atomic E-state index is 0.110. The van der Waals surface area contributed by atoms with Crippen molar-refractivity contribution >= 4 is 66.6 Å². The van der Waals surface area contributed by atoms with Gasteiger partial charge in [-0.3, -0.25) is 9.59 Å². The number of carbonyl (C=O) groups is 2. The quantitative estimate of drug-likeness (QED) is 0.137. The largest absolute Gasteiger partial charge is 0.358 e. The number of benzene rings is 2. The summed E-state index contributed by atoms with van der Waals surface area (Å²) in [6.45, 7) is 3.97. The van der Waals surface area contributed by atoms with E-state index in [4.69, 9.17) is 0 Å². The predicted molar refractivity (Wildman–Crippen MR) is 167 cm³/mol. The van der Waals surface area contributed by atoms with Gasteiger partial charge in [-0.05, 0) is 49.9 Å². The number of H-pyrrole nitrogens is 2. The Kier molecular flexibility index (Phi) is 8.06. The maximum Gasteiger partial charge on any atom is 0.230 e. The fourth-order valence-corrected chi connectivity index (χ4v) is 6.73. The summed E-state index contributed by atoms with van der Waals surface area (Å²) < 4.78 is 0. The summed E-state index contributed by atoms with van der Waals surface area (Å²) in [5, 5.41) is 27.5. The van der Waals surface area contributed by atoms with E-state index in [0.29, 0.717) is 10.3 Å². The number of carbonyl (C=O) groups excluding carboxylic acids is 2. The van der Waals surface area contributed by atoms with Gasteiger partial charge in [-0.15, -0.1) is 20.4 Å². The van der Waals surface area contributed by atoms with Crippen molar-refractivity contribution in [3.8, 4) is 0 Å². The fraction of sp³-hybridized carbons (Fsp3) is 0.267. The number of hydrogen-bond donors (Lipinski definition) is 4. The van der Waals surface area contributed by atoms with Crippen LogP contribution in [0.4, 0.5) is 10.3 Å². The summed E-state index contributed by atoms with van der Waals surface area (Å²) in [4.78, 5) is 32.0. The highest BCUT2D eigenvalue weighted by atomic mass is 32.1. The molecule has 12 heteroatoms. The van der Waals surface area contributed by atoms with Crippen molar-refractivity contribution in [2.75, 3.05) is 10.6 Å². The second-order valence-corrected chi connectivity index (χ2v) is 12.3. The smallest absolute Gasteiger partial charge is 0.230 e. The van der Waals surface area contributed by atoms with Crippen LogP contribution in [0.1, 0.15) is 45.4 Å². The van der Waals surface area contributed by atoms with Crippen LogP contribution in [0.2, 0.25) is 0 Å². The van der Waals surface area contributed by atoms with E-state index in [2.05, 4.69) is 41.0 Å². The van der Waals surface area contributed by atoms with Gasteiger partial charge in [0.2, 0.25) is 22.1 Å². The first kappa shape index (κ1) is 27.7. The fourth-order valence-electron chi connectivity index (χ4n) is 5.14. The SMILES string of the molecule is Cc1[nH]c2ccccc2c1CC(=O)Nc1nnc(CCCCc2nnc(NC(=O)Cc3c(C)[nH]c4ccccc34)s2)s1. The number of aryl methyl sites for hydroxylation is 4. The Labute approximate surface area is 250 Å². The van der Waals surface area contributed by atoms with Crippen molar-refractivity contribution in [1.82, 2.24) is 30.4 Å². The molecular weight excluding hydrogens is 569 g/mol. The van der Waals surface area contributed by atoms with Gasteiger partial charge in [-0.2, -0.15) is 0 Å². The number of unbranched alkanes of at least 4 members (excludes halogenated alkanes) is 1. The number of anilines is 2. The van der Waals surface area contributed by atoms with E-state index in [1.165, 1.54) is 22.7 Å². The molecule has 0 saturated carbocycles. The minimum atomic E-state index is -0.110. The summed E-state index contributed by atoms with van der Waals surface area (Å²) in [6, 6.07) is 16.0. The third-order valence-electron chi connectivity index (χ3n) is 7.19. The van der Waals surface area contributed by atoms with Crippen LogP contribution < -0.4 is 10.6 Å². The molecule has 0 unspecified atom stereocenters. The standard InChI is InChI=1S/C30H30N8O2S2/c1-17-21(19-9-3-5-11-23(19)31-17)15-25(39)33-29-37-35-27(41-29)13-7-8-14-28-36-38-30(42-28)34-26(40)16-22-18(2)32-24-12-6-4-10-20(22)24/h3-6,9-12,31-32H,7-8,13-16H2,1-2H3,(H,33,37,39)(H,34,38,40). The minimum Gasteiger partial charge on any atom is -0.358 e. The van der Waals surface area contributed by atoms with E-state index in [9.17, 15) is 9.59 Å². The number of para-hydroxylation sites is 2. The molecule has 214 valence electrons. The number of nitrogens with zero attached hydrogens (tertiary/aromatic N) is 4. The Hall–Kier alpha value is -4.42. The van der Waals surface area contributed by atoms with Crippen molar-refractivity contribution in [3.63, 3.8) is 0 Å². The third-order valence-corrected chi connectivity index (χ3v) is 8.98. The topological polar surface area (TPSA) is 141 Å². The van der Waals surface area contributed by atoms with Crippen LogP contribution in [-0.2, 0) is 35.3 Å². The van der Waals surface area contributed by atoms with Crippen LogP contribution in [-0.4, -0.2) is 42.2 Å². The second kappa shape index (κ2) is 12.2. The van der Waals surface area contributed by atoms with E-state index in [-0.39, 0.29) is 24.7 Å². The summed E-state index contributed by atoms with van der Waals surface area (Å²) in [5.74, 6) is -0.220. The molecule has 4 heterocycles. The van der Waals surface area contributed by atoms with E-state index in [1.807, 2.05) is 62.4 Å². The lowest BCUT2D eigenvalue weighted by atomic mass is 10.1. The van der Waals surface area contributed by atoms with Crippen molar-refractivity contribution in [1.29, 1.82) is 0 Å². The zero-order valence-electron chi connectivity index (χ0n) is 23.3. The van der Waals surface area contributed by atoms with Gasteiger partial charge in [-0.1, -0.05) is 59.1 Å². The van der Waals surface area contributed by atoms with Crippen LogP contribution in [0.15, 0.2) is 48.5 Å². The van der Waals surface area contributed by atoms with Crippen molar-refractivity contribution in [3.05, 3.63) is 81.1 Å². The average molecular weight is 599 g/mol. The molecule has 4 N–H and O–H groups in total. The summed E-state index contributed by atoms with van der Waals surface area (Å²) in [6.07, 6.45) is 3.88. The lowest BCUT2D eigenvalue weighted by Gasteiger charge is -2.02. The van der Waals surface area contributed by atoms with Crippen LogP contribution in [0.25, 0.3) is 21.8 Å². The van der Waals surface area contributed by atoms with Gasteiger partial charge >= 0.3 is 0 Å². The zero-order chi connectivity index (χ0) is 29.1. The molecule has 0 fully saturated rings. The second-order valence-electron chi connectivity index (χ2n) is 10.2. The van der Waals surface area contributed by atoms with Gasteiger partial charge < -0.3 is 20.6 Å². The Balaban J connectivity index is 0.939. The molecule has 0 aliphatic heterocycles. The van der Waals surface area contributed by atoms with Crippen LogP contribution in [0, 0.1) is 13.8 Å².